The molecule has 0 bridgehead atoms. The van der Waals surface area contributed by atoms with Crippen LogP contribution in [0.2, 0.25) is 0 Å². The zero-order chi connectivity index (χ0) is 33.0. The maximum atomic E-state index is 5.94. The summed E-state index contributed by atoms with van der Waals surface area (Å²) in [5.41, 5.74) is 0. The first-order valence-electron chi connectivity index (χ1n) is 17.3. The Kier molecular flexibility index (Phi) is 21.6. The first-order chi connectivity index (χ1) is 21.5. The lowest BCUT2D eigenvalue weighted by molar-refractivity contribution is -0.110. The summed E-state index contributed by atoms with van der Waals surface area (Å²) in [6, 6.07) is 0. The van der Waals surface area contributed by atoms with Crippen molar-refractivity contribution in [3.63, 3.8) is 0 Å². The fourth-order valence-corrected chi connectivity index (χ4v) is 4.17. The highest BCUT2D eigenvalue weighted by Crippen LogP contribution is 2.18. The minimum atomic E-state index is -0.0561. The van der Waals surface area contributed by atoms with E-state index in [1.807, 2.05) is 55.4 Å². The van der Waals surface area contributed by atoms with E-state index in [0.717, 1.165) is 32.5 Å². The lowest BCUT2D eigenvalue weighted by Crippen LogP contribution is -2.30. The van der Waals surface area contributed by atoms with Gasteiger partial charge in [-0.2, -0.15) is 0 Å². The molecule has 11 unspecified atom stereocenters. The molecule has 2 rings (SSSR count). The van der Waals surface area contributed by atoms with Crippen molar-refractivity contribution >= 4 is 0 Å². The smallest absolute Gasteiger partial charge is 0.104 e. The van der Waals surface area contributed by atoms with E-state index in [4.69, 9.17) is 52.1 Å². The molecule has 2 aliphatic heterocycles. The van der Waals surface area contributed by atoms with Crippen LogP contribution in [0.4, 0.5) is 0 Å². The van der Waals surface area contributed by atoms with Gasteiger partial charge in [0.2, 0.25) is 0 Å². The van der Waals surface area contributed by atoms with Crippen molar-refractivity contribution in [1.82, 2.24) is 0 Å². The van der Waals surface area contributed by atoms with Gasteiger partial charge in [-0.05, 0) is 81.6 Å². The van der Waals surface area contributed by atoms with E-state index in [-0.39, 0.29) is 61.0 Å². The molecule has 45 heavy (non-hydrogen) atoms. The molecule has 0 amide bonds. The quantitative estimate of drug-likeness (QED) is 0.0983. The van der Waals surface area contributed by atoms with Gasteiger partial charge in [0.15, 0.2) is 0 Å². The van der Waals surface area contributed by atoms with Crippen LogP contribution in [0.1, 0.15) is 81.6 Å². The monoisotopic (exact) mass is 650 g/mol. The Morgan fingerprint density at radius 2 is 0.667 bits per heavy atom. The van der Waals surface area contributed by atoms with Crippen molar-refractivity contribution < 1.29 is 52.1 Å². The number of epoxide rings is 2. The maximum absolute atomic E-state index is 5.94. The minimum absolute atomic E-state index is 0.0213. The van der Waals surface area contributed by atoms with E-state index in [2.05, 4.69) is 6.92 Å². The van der Waals surface area contributed by atoms with E-state index in [1.165, 1.54) is 0 Å². The predicted molar refractivity (Wildman–Crippen MR) is 172 cm³/mol. The standard InChI is InChI=1S/C34H66O11/c1-24(11-10-12-33-21-44-33)35-13-25(2)36-14-26(3)37-15-27(4)38-16-28(5)39-17-29(6)40-18-30(7)41-19-31(8)42-20-32(9)43-22-34-23-45-34/h24-34H,10-23H2,1-9H3. The van der Waals surface area contributed by atoms with Crippen LogP contribution in [0.25, 0.3) is 0 Å². The van der Waals surface area contributed by atoms with E-state index in [1.54, 1.807) is 0 Å². The van der Waals surface area contributed by atoms with Gasteiger partial charge < -0.3 is 52.1 Å². The molecule has 2 heterocycles. The van der Waals surface area contributed by atoms with Crippen molar-refractivity contribution in [2.45, 2.75) is 149 Å². The number of rotatable bonds is 31. The summed E-state index contributed by atoms with van der Waals surface area (Å²) in [6.07, 6.45) is 4.14. The third kappa shape index (κ3) is 23.5. The molecule has 11 atom stereocenters. The van der Waals surface area contributed by atoms with Gasteiger partial charge in [-0.1, -0.05) is 0 Å². The van der Waals surface area contributed by atoms with Crippen LogP contribution in [0.3, 0.4) is 0 Å². The Bertz CT molecular complexity index is 708. The molecule has 0 aromatic heterocycles. The molecule has 268 valence electrons. The van der Waals surface area contributed by atoms with Gasteiger partial charge in [0.1, 0.15) is 6.10 Å². The second-order valence-corrected chi connectivity index (χ2v) is 13.1. The summed E-state index contributed by atoms with van der Waals surface area (Å²) in [7, 11) is 0. The topological polar surface area (TPSA) is 108 Å². The van der Waals surface area contributed by atoms with Crippen molar-refractivity contribution in [2.75, 3.05) is 72.7 Å². The highest BCUT2D eigenvalue weighted by atomic mass is 16.6. The van der Waals surface area contributed by atoms with E-state index < -0.39 is 0 Å². The predicted octanol–water partition coefficient (Wildman–Crippen LogP) is 4.60. The van der Waals surface area contributed by atoms with E-state index in [0.29, 0.717) is 65.6 Å². The first-order valence-corrected chi connectivity index (χ1v) is 17.3. The molecule has 0 N–H and O–H groups in total. The van der Waals surface area contributed by atoms with Crippen LogP contribution in [0.15, 0.2) is 0 Å². The number of hydrogen-bond acceptors (Lipinski definition) is 11. The molecule has 0 aromatic rings. The summed E-state index contributed by atoms with van der Waals surface area (Å²) in [4.78, 5) is 0. The maximum Gasteiger partial charge on any atom is 0.104 e. The molecule has 2 saturated heterocycles. The van der Waals surface area contributed by atoms with Gasteiger partial charge in [-0.25, -0.2) is 0 Å². The zero-order valence-electron chi connectivity index (χ0n) is 29.7. The summed E-state index contributed by atoms with van der Waals surface area (Å²) in [6.45, 7) is 24.6. The van der Waals surface area contributed by atoms with Crippen molar-refractivity contribution in [2.24, 2.45) is 0 Å². The Morgan fingerprint density at radius 3 is 0.956 bits per heavy atom. The summed E-state index contributed by atoms with van der Waals surface area (Å²) in [5, 5.41) is 0. The van der Waals surface area contributed by atoms with Gasteiger partial charge in [-0.15, -0.1) is 0 Å². The van der Waals surface area contributed by atoms with Crippen molar-refractivity contribution in [3.8, 4) is 0 Å². The molecule has 0 radical (unpaired) electrons. The molecule has 0 spiro atoms. The van der Waals surface area contributed by atoms with E-state index in [9.17, 15) is 0 Å². The zero-order valence-corrected chi connectivity index (χ0v) is 29.7. The largest absolute Gasteiger partial charge is 0.376 e. The molecule has 11 heteroatoms. The lowest BCUT2D eigenvalue weighted by atomic mass is 10.1. The van der Waals surface area contributed by atoms with Crippen molar-refractivity contribution in [3.05, 3.63) is 0 Å². The fourth-order valence-electron chi connectivity index (χ4n) is 4.17. The van der Waals surface area contributed by atoms with Crippen LogP contribution in [-0.4, -0.2) is 140 Å². The van der Waals surface area contributed by atoms with Gasteiger partial charge in [0.25, 0.3) is 0 Å². The van der Waals surface area contributed by atoms with Crippen LogP contribution in [-0.2, 0) is 52.1 Å². The van der Waals surface area contributed by atoms with Gasteiger partial charge >= 0.3 is 0 Å². The molecular weight excluding hydrogens is 584 g/mol. The highest BCUT2D eigenvalue weighted by molar-refractivity contribution is 4.70. The third-order valence-electron chi connectivity index (χ3n) is 7.43. The molecule has 2 fully saturated rings. The molecular formula is C34H66O11. The molecule has 2 aliphatic rings. The van der Waals surface area contributed by atoms with Gasteiger partial charge in [0.05, 0.1) is 134 Å². The fraction of sp³-hybridized carbons (Fsp3) is 1.00. The minimum Gasteiger partial charge on any atom is -0.376 e. The summed E-state index contributed by atoms with van der Waals surface area (Å²) in [5.74, 6) is 0. The number of ether oxygens (including phenoxy) is 11. The van der Waals surface area contributed by atoms with Gasteiger partial charge in [-0.3, -0.25) is 0 Å². The van der Waals surface area contributed by atoms with Crippen LogP contribution in [0, 0.1) is 0 Å². The van der Waals surface area contributed by atoms with Gasteiger partial charge in [0, 0.05) is 0 Å². The summed E-state index contributed by atoms with van der Waals surface area (Å²) < 4.78 is 63.4. The molecule has 11 nitrogen and oxygen atoms in total. The lowest BCUT2D eigenvalue weighted by Gasteiger charge is -2.23. The van der Waals surface area contributed by atoms with Crippen LogP contribution < -0.4 is 0 Å². The normalized spacial score (nSPS) is 23.9. The molecule has 0 saturated carbocycles. The Hall–Kier alpha value is -0.440. The third-order valence-corrected chi connectivity index (χ3v) is 7.43. The Morgan fingerprint density at radius 1 is 0.400 bits per heavy atom. The molecule has 0 aromatic carbocycles. The SMILES string of the molecule is CC(CCCC1CO1)OCC(C)OCC(C)OCC(C)OCC(C)OCC(C)OCC(C)OCC(C)OCC(C)OCC1CO1. The first kappa shape index (κ1) is 40.7. The van der Waals surface area contributed by atoms with Crippen molar-refractivity contribution in [1.29, 1.82) is 0 Å². The second kappa shape index (κ2) is 23.8. The summed E-state index contributed by atoms with van der Waals surface area (Å²) >= 11 is 0. The highest BCUT2D eigenvalue weighted by Gasteiger charge is 2.24. The number of hydrogen-bond donors (Lipinski definition) is 0. The van der Waals surface area contributed by atoms with Crippen LogP contribution >= 0.6 is 0 Å². The average Bonchev–Trinajstić information content (AvgIpc) is 3.95. The second-order valence-electron chi connectivity index (χ2n) is 13.1. The molecule has 0 aliphatic carbocycles. The van der Waals surface area contributed by atoms with Crippen LogP contribution in [0.5, 0.6) is 0 Å². The Labute approximate surface area is 273 Å². The van der Waals surface area contributed by atoms with E-state index >= 15 is 0 Å². The Balaban J connectivity index is 1.40. The average molecular weight is 651 g/mol.